The molecule has 0 bridgehead atoms. The lowest BCUT2D eigenvalue weighted by Gasteiger charge is -2.30. The van der Waals surface area contributed by atoms with Gasteiger partial charge in [0.1, 0.15) is 0 Å². The molecule has 1 aromatic carbocycles. The maximum atomic E-state index is 11.2. The molecular weight excluding hydrogens is 310 g/mol. The molecule has 2 nitrogen and oxygen atoms in total. The molecule has 0 N–H and O–H groups in total. The highest BCUT2D eigenvalue weighted by atomic mass is 79.9. The van der Waals surface area contributed by atoms with Crippen molar-refractivity contribution in [1.29, 1.82) is 0 Å². The summed E-state index contributed by atoms with van der Waals surface area (Å²) in [5, 5.41) is 2.15. The number of nitrogens with zero attached hydrogens (tertiary/aromatic N) is 1. The lowest BCUT2D eigenvalue weighted by molar-refractivity contribution is 0.112. The van der Waals surface area contributed by atoms with Gasteiger partial charge in [0, 0.05) is 33.7 Å². The largest absolute Gasteiger partial charge is 0.366 e. The van der Waals surface area contributed by atoms with E-state index in [1.54, 1.807) is 0 Å². The number of halogens is 1. The average Bonchev–Trinajstić information content (AvgIpc) is 2.85. The predicted molar refractivity (Wildman–Crippen MR) is 78.6 cm³/mol. The van der Waals surface area contributed by atoms with E-state index in [-0.39, 0.29) is 0 Å². The van der Waals surface area contributed by atoms with Gasteiger partial charge < -0.3 is 4.90 Å². The van der Waals surface area contributed by atoms with Crippen molar-refractivity contribution in [3.63, 3.8) is 0 Å². The van der Waals surface area contributed by atoms with Gasteiger partial charge >= 0.3 is 0 Å². The first-order valence-electron chi connectivity index (χ1n) is 5.83. The van der Waals surface area contributed by atoms with Gasteiger partial charge in [-0.3, -0.25) is 4.79 Å². The first-order chi connectivity index (χ1) is 8.78. The highest BCUT2D eigenvalue weighted by molar-refractivity contribution is 9.10. The molecule has 3 rings (SSSR count). The van der Waals surface area contributed by atoms with Gasteiger partial charge in [-0.25, -0.2) is 0 Å². The summed E-state index contributed by atoms with van der Waals surface area (Å²) in [5.74, 6) is 0. The van der Waals surface area contributed by atoms with Crippen molar-refractivity contribution < 1.29 is 4.79 Å². The Kier molecular flexibility index (Phi) is 3.22. The molecule has 2 heterocycles. The summed E-state index contributed by atoms with van der Waals surface area (Å²) >= 11 is 5.24. The molecule has 0 unspecified atom stereocenters. The molecule has 18 heavy (non-hydrogen) atoms. The molecular formula is C14H12BrNOS. The number of aldehydes is 1. The van der Waals surface area contributed by atoms with Crippen LogP contribution in [0.1, 0.15) is 20.8 Å². The zero-order valence-corrected chi connectivity index (χ0v) is 12.1. The van der Waals surface area contributed by atoms with Crippen LogP contribution < -0.4 is 4.90 Å². The van der Waals surface area contributed by atoms with E-state index < -0.39 is 0 Å². The van der Waals surface area contributed by atoms with Gasteiger partial charge in [0.25, 0.3) is 0 Å². The number of anilines is 1. The van der Waals surface area contributed by atoms with Gasteiger partial charge in [-0.2, -0.15) is 0 Å². The van der Waals surface area contributed by atoms with Crippen molar-refractivity contribution in [3.05, 3.63) is 50.1 Å². The third-order valence-electron chi connectivity index (χ3n) is 3.26. The van der Waals surface area contributed by atoms with Crippen LogP contribution >= 0.6 is 27.3 Å². The molecule has 92 valence electrons. The summed E-state index contributed by atoms with van der Waals surface area (Å²) < 4.78 is 0.946. The number of thiophene rings is 1. The molecule has 0 saturated carbocycles. The Morgan fingerprint density at radius 2 is 2.22 bits per heavy atom. The molecule has 0 amide bonds. The van der Waals surface area contributed by atoms with Crippen LogP contribution in [0.2, 0.25) is 0 Å². The lowest BCUT2D eigenvalue weighted by Crippen LogP contribution is -2.30. The Morgan fingerprint density at radius 3 is 3.06 bits per heavy atom. The van der Waals surface area contributed by atoms with E-state index in [1.807, 2.05) is 29.5 Å². The van der Waals surface area contributed by atoms with Gasteiger partial charge in [0.05, 0.1) is 0 Å². The van der Waals surface area contributed by atoms with Crippen molar-refractivity contribution in [2.24, 2.45) is 0 Å². The van der Waals surface area contributed by atoms with Crippen LogP contribution in [0.4, 0.5) is 5.69 Å². The smallest absolute Gasteiger partial charge is 0.152 e. The van der Waals surface area contributed by atoms with E-state index in [2.05, 4.69) is 32.3 Å². The second-order valence-electron chi connectivity index (χ2n) is 4.36. The summed E-state index contributed by atoms with van der Waals surface area (Å²) in [5.41, 5.74) is 3.18. The van der Waals surface area contributed by atoms with E-state index in [1.165, 1.54) is 10.4 Å². The molecule has 0 radical (unpaired) electrons. The van der Waals surface area contributed by atoms with Crippen LogP contribution in [0.5, 0.6) is 0 Å². The summed E-state index contributed by atoms with van der Waals surface area (Å²) in [6, 6.07) is 8.08. The van der Waals surface area contributed by atoms with E-state index >= 15 is 0 Å². The van der Waals surface area contributed by atoms with Crippen LogP contribution in [0.3, 0.4) is 0 Å². The summed E-state index contributed by atoms with van der Waals surface area (Å²) in [6.07, 6.45) is 2.00. The van der Waals surface area contributed by atoms with Crippen LogP contribution in [-0.2, 0) is 13.0 Å². The molecule has 4 heteroatoms. The van der Waals surface area contributed by atoms with Crippen molar-refractivity contribution in [2.45, 2.75) is 13.0 Å². The molecule has 1 aliphatic rings. The minimum Gasteiger partial charge on any atom is -0.366 e. The molecule has 1 aliphatic heterocycles. The fourth-order valence-corrected chi connectivity index (χ4v) is 3.63. The van der Waals surface area contributed by atoms with Gasteiger partial charge in [-0.15, -0.1) is 11.3 Å². The minimum absolute atomic E-state index is 0.753. The van der Waals surface area contributed by atoms with Gasteiger partial charge in [-0.05, 0) is 41.6 Å². The standard InChI is InChI=1S/C14H12BrNOS/c15-12-1-2-13(11(7-12)9-17)16-5-3-14-10(8-16)4-6-18-14/h1-2,4,6-7,9H,3,5,8H2. The third kappa shape index (κ3) is 2.10. The maximum absolute atomic E-state index is 11.2. The van der Waals surface area contributed by atoms with Crippen LogP contribution in [0.15, 0.2) is 34.1 Å². The zero-order valence-electron chi connectivity index (χ0n) is 9.73. The summed E-state index contributed by atoms with van der Waals surface area (Å²) in [7, 11) is 0. The van der Waals surface area contributed by atoms with Crippen LogP contribution in [-0.4, -0.2) is 12.8 Å². The monoisotopic (exact) mass is 321 g/mol. The lowest BCUT2D eigenvalue weighted by atomic mass is 10.1. The number of rotatable bonds is 2. The summed E-state index contributed by atoms with van der Waals surface area (Å²) in [4.78, 5) is 14.9. The molecule has 2 aromatic rings. The SMILES string of the molecule is O=Cc1cc(Br)ccc1N1CCc2sccc2C1. The van der Waals surface area contributed by atoms with Crippen molar-refractivity contribution >= 4 is 39.2 Å². The van der Waals surface area contributed by atoms with Gasteiger partial charge in [-0.1, -0.05) is 15.9 Å². The average molecular weight is 322 g/mol. The molecule has 0 aliphatic carbocycles. The van der Waals surface area contributed by atoms with Crippen molar-refractivity contribution in [2.75, 3.05) is 11.4 Å². The number of benzene rings is 1. The normalized spacial score (nSPS) is 14.4. The second-order valence-corrected chi connectivity index (χ2v) is 6.28. The predicted octanol–water partition coefficient (Wildman–Crippen LogP) is 3.89. The summed E-state index contributed by atoms with van der Waals surface area (Å²) in [6.45, 7) is 1.89. The Labute approximate surface area is 118 Å². The fraction of sp³-hybridized carbons (Fsp3) is 0.214. The number of hydrogen-bond acceptors (Lipinski definition) is 3. The Morgan fingerprint density at radius 1 is 1.33 bits per heavy atom. The van der Waals surface area contributed by atoms with E-state index in [4.69, 9.17) is 0 Å². The topological polar surface area (TPSA) is 20.3 Å². The zero-order chi connectivity index (χ0) is 12.5. The molecule has 0 saturated heterocycles. The highest BCUT2D eigenvalue weighted by Gasteiger charge is 2.19. The van der Waals surface area contributed by atoms with Crippen LogP contribution in [0.25, 0.3) is 0 Å². The maximum Gasteiger partial charge on any atom is 0.152 e. The Bertz CT molecular complexity index is 593. The van der Waals surface area contributed by atoms with Gasteiger partial charge in [0.15, 0.2) is 6.29 Å². The van der Waals surface area contributed by atoms with Gasteiger partial charge in [0.2, 0.25) is 0 Å². The number of fused-ring (bicyclic) bond motifs is 1. The quantitative estimate of drug-likeness (QED) is 0.782. The molecule has 0 spiro atoms. The fourth-order valence-electron chi connectivity index (χ4n) is 2.36. The highest BCUT2D eigenvalue weighted by Crippen LogP contribution is 2.30. The number of carbonyl (C=O) groups is 1. The first kappa shape index (κ1) is 11.9. The molecule has 1 aromatic heterocycles. The Balaban J connectivity index is 1.95. The molecule has 0 atom stereocenters. The number of hydrogen-bond donors (Lipinski definition) is 0. The van der Waals surface area contributed by atoms with E-state index in [0.717, 1.165) is 41.5 Å². The van der Waals surface area contributed by atoms with Crippen LogP contribution in [0, 0.1) is 0 Å². The van der Waals surface area contributed by atoms with Crippen molar-refractivity contribution in [3.8, 4) is 0 Å². The van der Waals surface area contributed by atoms with E-state index in [0.29, 0.717) is 0 Å². The number of carbonyl (C=O) groups excluding carboxylic acids is 1. The first-order valence-corrected chi connectivity index (χ1v) is 7.50. The Hall–Kier alpha value is -1.13. The van der Waals surface area contributed by atoms with Crippen molar-refractivity contribution in [1.82, 2.24) is 0 Å². The molecule has 0 fully saturated rings. The third-order valence-corrected chi connectivity index (χ3v) is 4.78. The minimum atomic E-state index is 0.753. The second kappa shape index (κ2) is 4.86. The van der Waals surface area contributed by atoms with E-state index in [9.17, 15) is 4.79 Å².